The molecule has 1 N–H and O–H groups in total. The SMILES string of the molecule is CCNC(=O)N1CCN(c2cncnc2-c2ccccc2)CC1. The second kappa shape index (κ2) is 7.09. The van der Waals surface area contributed by atoms with Crippen molar-refractivity contribution in [3.63, 3.8) is 0 Å². The van der Waals surface area contributed by atoms with Crippen molar-refractivity contribution in [2.45, 2.75) is 6.92 Å². The third-order valence-corrected chi connectivity index (χ3v) is 3.98. The molecule has 23 heavy (non-hydrogen) atoms. The number of nitrogens with zero attached hydrogens (tertiary/aromatic N) is 4. The Morgan fingerprint density at radius 2 is 1.91 bits per heavy atom. The molecule has 6 heteroatoms. The van der Waals surface area contributed by atoms with E-state index in [1.54, 1.807) is 6.33 Å². The van der Waals surface area contributed by atoms with Crippen molar-refractivity contribution in [1.29, 1.82) is 0 Å². The summed E-state index contributed by atoms with van der Waals surface area (Å²) in [5, 5.41) is 2.85. The van der Waals surface area contributed by atoms with Crippen molar-refractivity contribution < 1.29 is 4.79 Å². The molecule has 2 aromatic rings. The average molecular weight is 311 g/mol. The van der Waals surface area contributed by atoms with E-state index in [4.69, 9.17) is 0 Å². The third-order valence-electron chi connectivity index (χ3n) is 3.98. The van der Waals surface area contributed by atoms with Gasteiger partial charge in [-0.1, -0.05) is 30.3 Å². The van der Waals surface area contributed by atoms with Crippen LogP contribution < -0.4 is 10.2 Å². The summed E-state index contributed by atoms with van der Waals surface area (Å²) in [5.74, 6) is 0. The normalized spacial score (nSPS) is 14.7. The molecule has 2 amide bonds. The van der Waals surface area contributed by atoms with Gasteiger partial charge in [-0.3, -0.25) is 0 Å². The van der Waals surface area contributed by atoms with Crippen LogP contribution in [0, 0.1) is 0 Å². The summed E-state index contributed by atoms with van der Waals surface area (Å²) in [6, 6.07) is 10.1. The van der Waals surface area contributed by atoms with Gasteiger partial charge in [-0.2, -0.15) is 0 Å². The standard InChI is InChI=1S/C17H21N5O/c1-2-19-17(23)22-10-8-21(9-11-22)15-12-18-13-20-16(15)14-6-4-3-5-7-14/h3-7,12-13H,2,8-11H2,1H3,(H,19,23). The van der Waals surface area contributed by atoms with Gasteiger partial charge >= 0.3 is 6.03 Å². The van der Waals surface area contributed by atoms with E-state index in [-0.39, 0.29) is 6.03 Å². The number of hydrogen-bond acceptors (Lipinski definition) is 4. The molecule has 0 bridgehead atoms. The van der Waals surface area contributed by atoms with Crippen molar-refractivity contribution in [3.8, 4) is 11.3 Å². The Balaban J connectivity index is 1.76. The van der Waals surface area contributed by atoms with Crippen molar-refractivity contribution in [1.82, 2.24) is 20.2 Å². The lowest BCUT2D eigenvalue weighted by Gasteiger charge is -2.36. The molecule has 120 valence electrons. The molecule has 0 spiro atoms. The summed E-state index contributed by atoms with van der Waals surface area (Å²) in [5.41, 5.74) is 3.04. The van der Waals surface area contributed by atoms with Gasteiger partial charge in [0.15, 0.2) is 0 Å². The van der Waals surface area contributed by atoms with E-state index < -0.39 is 0 Å². The van der Waals surface area contributed by atoms with E-state index in [0.717, 1.165) is 30.0 Å². The number of carbonyl (C=O) groups is 1. The zero-order chi connectivity index (χ0) is 16.1. The van der Waals surface area contributed by atoms with E-state index in [2.05, 4.69) is 32.3 Å². The highest BCUT2D eigenvalue weighted by Gasteiger charge is 2.23. The summed E-state index contributed by atoms with van der Waals surface area (Å²) < 4.78 is 0. The summed E-state index contributed by atoms with van der Waals surface area (Å²) >= 11 is 0. The van der Waals surface area contributed by atoms with Crippen LogP contribution in [0.5, 0.6) is 0 Å². The molecule has 1 saturated heterocycles. The highest BCUT2D eigenvalue weighted by Crippen LogP contribution is 2.28. The smallest absolute Gasteiger partial charge is 0.317 e. The van der Waals surface area contributed by atoms with Crippen LogP contribution in [0.1, 0.15) is 6.92 Å². The van der Waals surface area contributed by atoms with Gasteiger partial charge in [0.2, 0.25) is 0 Å². The van der Waals surface area contributed by atoms with E-state index in [1.165, 1.54) is 0 Å². The first kappa shape index (κ1) is 15.3. The molecule has 1 aliphatic rings. The van der Waals surface area contributed by atoms with Crippen LogP contribution in [0.15, 0.2) is 42.9 Å². The molecule has 6 nitrogen and oxygen atoms in total. The number of benzene rings is 1. The van der Waals surface area contributed by atoms with Gasteiger partial charge < -0.3 is 15.1 Å². The zero-order valence-electron chi connectivity index (χ0n) is 13.3. The number of hydrogen-bond donors (Lipinski definition) is 1. The molecule has 0 unspecified atom stereocenters. The molecule has 1 aliphatic heterocycles. The summed E-state index contributed by atoms with van der Waals surface area (Å²) in [6.45, 7) is 5.56. The van der Waals surface area contributed by atoms with Gasteiger partial charge in [0.1, 0.15) is 6.33 Å². The maximum Gasteiger partial charge on any atom is 0.317 e. The highest BCUT2D eigenvalue weighted by atomic mass is 16.2. The van der Waals surface area contributed by atoms with Crippen LogP contribution in [0.4, 0.5) is 10.5 Å². The number of aromatic nitrogens is 2. The minimum Gasteiger partial charge on any atom is -0.365 e. The first-order chi connectivity index (χ1) is 11.3. The van der Waals surface area contributed by atoms with Crippen LogP contribution >= 0.6 is 0 Å². The van der Waals surface area contributed by atoms with Crippen molar-refractivity contribution in [3.05, 3.63) is 42.9 Å². The van der Waals surface area contributed by atoms with Gasteiger partial charge in [-0.25, -0.2) is 14.8 Å². The monoisotopic (exact) mass is 311 g/mol. The fraction of sp³-hybridized carbons (Fsp3) is 0.353. The quantitative estimate of drug-likeness (QED) is 0.942. The number of piperazine rings is 1. The minimum absolute atomic E-state index is 0.0137. The fourth-order valence-corrected chi connectivity index (χ4v) is 2.79. The Morgan fingerprint density at radius 1 is 1.17 bits per heavy atom. The molecule has 0 saturated carbocycles. The van der Waals surface area contributed by atoms with Gasteiger partial charge in [-0.15, -0.1) is 0 Å². The largest absolute Gasteiger partial charge is 0.365 e. The maximum atomic E-state index is 11.9. The van der Waals surface area contributed by atoms with E-state index in [0.29, 0.717) is 19.6 Å². The van der Waals surface area contributed by atoms with E-state index in [9.17, 15) is 4.79 Å². The summed E-state index contributed by atoms with van der Waals surface area (Å²) in [6.07, 6.45) is 3.44. The topological polar surface area (TPSA) is 61.4 Å². The number of urea groups is 1. The molecule has 0 atom stereocenters. The predicted octanol–water partition coefficient (Wildman–Crippen LogP) is 2.00. The van der Waals surface area contributed by atoms with Gasteiger partial charge in [0.05, 0.1) is 17.6 Å². The van der Waals surface area contributed by atoms with Crippen LogP contribution in [-0.2, 0) is 0 Å². The lowest BCUT2D eigenvalue weighted by molar-refractivity contribution is 0.195. The Labute approximate surface area is 136 Å². The second-order valence-corrected chi connectivity index (χ2v) is 5.43. The van der Waals surface area contributed by atoms with Crippen LogP contribution in [-0.4, -0.2) is 53.6 Å². The van der Waals surface area contributed by atoms with Crippen LogP contribution in [0.25, 0.3) is 11.3 Å². The lowest BCUT2D eigenvalue weighted by Crippen LogP contribution is -2.52. The zero-order valence-corrected chi connectivity index (χ0v) is 13.3. The first-order valence-corrected chi connectivity index (χ1v) is 7.92. The second-order valence-electron chi connectivity index (χ2n) is 5.43. The van der Waals surface area contributed by atoms with Gasteiger partial charge in [0, 0.05) is 38.3 Å². The van der Waals surface area contributed by atoms with Crippen LogP contribution in [0.2, 0.25) is 0 Å². The Kier molecular flexibility index (Phi) is 4.71. The number of nitrogens with one attached hydrogen (secondary N) is 1. The van der Waals surface area contributed by atoms with Crippen LogP contribution in [0.3, 0.4) is 0 Å². The van der Waals surface area contributed by atoms with Crippen molar-refractivity contribution in [2.75, 3.05) is 37.6 Å². The Morgan fingerprint density at radius 3 is 2.61 bits per heavy atom. The van der Waals surface area contributed by atoms with Crippen molar-refractivity contribution >= 4 is 11.7 Å². The molecular formula is C17H21N5O. The number of carbonyl (C=O) groups excluding carboxylic acids is 1. The average Bonchev–Trinajstić information content (AvgIpc) is 2.63. The Hall–Kier alpha value is -2.63. The van der Waals surface area contributed by atoms with Gasteiger partial charge in [-0.05, 0) is 6.92 Å². The summed E-state index contributed by atoms with van der Waals surface area (Å²) in [4.78, 5) is 24.6. The first-order valence-electron chi connectivity index (χ1n) is 7.92. The molecule has 2 heterocycles. The van der Waals surface area contributed by atoms with E-state index >= 15 is 0 Å². The number of amides is 2. The predicted molar refractivity (Wildman–Crippen MR) is 90.3 cm³/mol. The minimum atomic E-state index is 0.0137. The third kappa shape index (κ3) is 3.41. The number of anilines is 1. The maximum absolute atomic E-state index is 11.9. The molecule has 1 aromatic carbocycles. The molecule has 1 fully saturated rings. The van der Waals surface area contributed by atoms with E-state index in [1.807, 2.05) is 36.2 Å². The fourth-order valence-electron chi connectivity index (χ4n) is 2.79. The molecule has 1 aromatic heterocycles. The molecule has 0 aliphatic carbocycles. The molecular weight excluding hydrogens is 290 g/mol. The lowest BCUT2D eigenvalue weighted by atomic mass is 10.1. The van der Waals surface area contributed by atoms with Crippen molar-refractivity contribution in [2.24, 2.45) is 0 Å². The molecule has 3 rings (SSSR count). The number of rotatable bonds is 3. The summed E-state index contributed by atoms with van der Waals surface area (Å²) in [7, 11) is 0. The highest BCUT2D eigenvalue weighted by molar-refractivity contribution is 5.76. The Bertz CT molecular complexity index is 653. The van der Waals surface area contributed by atoms with Gasteiger partial charge in [0.25, 0.3) is 0 Å². The molecule has 0 radical (unpaired) electrons.